The van der Waals surface area contributed by atoms with Crippen LogP contribution in [-0.2, 0) is 11.2 Å². The van der Waals surface area contributed by atoms with Gasteiger partial charge >= 0.3 is 0 Å². The van der Waals surface area contributed by atoms with Gasteiger partial charge in [-0.25, -0.2) is 0 Å². The summed E-state index contributed by atoms with van der Waals surface area (Å²) in [6.45, 7) is 0. The van der Waals surface area contributed by atoms with Crippen molar-refractivity contribution in [3.05, 3.63) is 68.7 Å². The molecular formula is C16H12ClN3O4. The molecule has 0 aliphatic carbocycles. The Morgan fingerprint density at radius 2 is 1.96 bits per heavy atom. The molecule has 2 aromatic carbocycles. The molecule has 2 aromatic rings. The Labute approximate surface area is 141 Å². The molecule has 1 heterocycles. The molecule has 2 amide bonds. The summed E-state index contributed by atoms with van der Waals surface area (Å²) in [5.41, 5.74) is 6.51. The van der Waals surface area contributed by atoms with Crippen LogP contribution in [0.5, 0.6) is 0 Å². The van der Waals surface area contributed by atoms with Crippen molar-refractivity contribution in [1.29, 1.82) is 0 Å². The molecule has 1 aliphatic rings. The lowest BCUT2D eigenvalue weighted by molar-refractivity contribution is -0.384. The fourth-order valence-electron chi connectivity index (χ4n) is 2.79. The Morgan fingerprint density at radius 3 is 2.62 bits per heavy atom. The van der Waals surface area contributed by atoms with E-state index in [-0.39, 0.29) is 16.3 Å². The monoisotopic (exact) mass is 345 g/mol. The molecule has 0 bridgehead atoms. The molecule has 1 aliphatic heterocycles. The van der Waals surface area contributed by atoms with E-state index in [0.717, 1.165) is 11.6 Å². The summed E-state index contributed by atoms with van der Waals surface area (Å²) in [5.74, 6) is -1.17. The molecule has 0 aromatic heterocycles. The number of rotatable bonds is 3. The number of primary amides is 1. The average Bonchev–Trinajstić information content (AvgIpc) is 2.94. The fourth-order valence-corrected chi connectivity index (χ4v) is 2.98. The Bertz CT molecular complexity index is 868. The summed E-state index contributed by atoms with van der Waals surface area (Å²) >= 11 is 5.78. The number of halogens is 1. The highest BCUT2D eigenvalue weighted by Crippen LogP contribution is 2.34. The van der Waals surface area contributed by atoms with E-state index in [1.165, 1.54) is 17.0 Å². The summed E-state index contributed by atoms with van der Waals surface area (Å²) in [5, 5.41) is 10.9. The van der Waals surface area contributed by atoms with Crippen molar-refractivity contribution in [2.24, 2.45) is 5.73 Å². The van der Waals surface area contributed by atoms with E-state index in [4.69, 9.17) is 17.3 Å². The van der Waals surface area contributed by atoms with Crippen molar-refractivity contribution in [3.8, 4) is 0 Å². The molecule has 0 saturated heterocycles. The van der Waals surface area contributed by atoms with E-state index < -0.39 is 22.8 Å². The Kier molecular flexibility index (Phi) is 3.94. The Balaban J connectivity index is 2.06. The average molecular weight is 346 g/mol. The van der Waals surface area contributed by atoms with E-state index >= 15 is 0 Å². The quantitative estimate of drug-likeness (QED) is 0.680. The van der Waals surface area contributed by atoms with Gasteiger partial charge in [0.25, 0.3) is 11.6 Å². The SMILES string of the molecule is NC(=O)[C@@H]1Cc2ccccc2N1C(=O)c1ccc(Cl)c([N+](=O)[O-])c1. The first kappa shape index (κ1) is 15.9. The van der Waals surface area contributed by atoms with Gasteiger partial charge in [0.2, 0.25) is 5.91 Å². The lowest BCUT2D eigenvalue weighted by atomic mass is 10.1. The number of nitrogens with two attached hydrogens (primary N) is 1. The number of amides is 2. The molecule has 7 nitrogen and oxygen atoms in total. The van der Waals surface area contributed by atoms with E-state index in [1.807, 2.05) is 6.07 Å². The topological polar surface area (TPSA) is 107 Å². The molecule has 1 atom stereocenters. The maximum absolute atomic E-state index is 12.9. The van der Waals surface area contributed by atoms with Crippen molar-refractivity contribution in [1.82, 2.24) is 0 Å². The van der Waals surface area contributed by atoms with E-state index in [0.29, 0.717) is 12.1 Å². The minimum Gasteiger partial charge on any atom is -0.368 e. The fraction of sp³-hybridized carbons (Fsp3) is 0.125. The Hall–Kier alpha value is -2.93. The van der Waals surface area contributed by atoms with Crippen LogP contribution in [-0.4, -0.2) is 22.8 Å². The third kappa shape index (κ3) is 2.59. The van der Waals surface area contributed by atoms with Gasteiger partial charge in [0, 0.05) is 23.7 Å². The number of benzene rings is 2. The number of carbonyl (C=O) groups is 2. The molecule has 2 N–H and O–H groups in total. The van der Waals surface area contributed by atoms with Crippen LogP contribution in [0.4, 0.5) is 11.4 Å². The molecule has 0 unspecified atom stereocenters. The van der Waals surface area contributed by atoms with Crippen molar-refractivity contribution in [2.75, 3.05) is 4.90 Å². The number of para-hydroxylation sites is 1. The van der Waals surface area contributed by atoms with Crippen LogP contribution < -0.4 is 10.6 Å². The van der Waals surface area contributed by atoms with Crippen molar-refractivity contribution < 1.29 is 14.5 Å². The number of fused-ring (bicyclic) bond motifs is 1. The number of hydrogen-bond donors (Lipinski definition) is 1. The minimum absolute atomic E-state index is 0.0639. The molecule has 0 spiro atoms. The largest absolute Gasteiger partial charge is 0.368 e. The third-order valence-electron chi connectivity index (χ3n) is 3.91. The van der Waals surface area contributed by atoms with Crippen LogP contribution in [0.1, 0.15) is 15.9 Å². The number of nitro groups is 1. The number of carbonyl (C=O) groups excluding carboxylic acids is 2. The normalized spacial score (nSPS) is 15.9. The highest BCUT2D eigenvalue weighted by molar-refractivity contribution is 6.32. The van der Waals surface area contributed by atoms with Gasteiger partial charge in [-0.15, -0.1) is 0 Å². The van der Waals surface area contributed by atoms with Crippen LogP contribution in [0.2, 0.25) is 5.02 Å². The summed E-state index contributed by atoms with van der Waals surface area (Å²) in [6, 6.07) is 10.0. The van der Waals surface area contributed by atoms with Crippen LogP contribution in [0.3, 0.4) is 0 Å². The summed E-state index contributed by atoms with van der Waals surface area (Å²) in [7, 11) is 0. The zero-order chi connectivity index (χ0) is 17.4. The maximum Gasteiger partial charge on any atom is 0.288 e. The highest BCUT2D eigenvalue weighted by atomic mass is 35.5. The number of anilines is 1. The van der Waals surface area contributed by atoms with Crippen LogP contribution in [0.25, 0.3) is 0 Å². The van der Waals surface area contributed by atoms with E-state index in [9.17, 15) is 19.7 Å². The molecular weight excluding hydrogens is 334 g/mol. The van der Waals surface area contributed by atoms with Gasteiger partial charge in [-0.05, 0) is 23.8 Å². The lowest BCUT2D eigenvalue weighted by Gasteiger charge is -2.23. The standard InChI is InChI=1S/C16H12ClN3O4/c17-11-6-5-10(8-13(11)20(23)24)16(22)19-12-4-2-1-3-9(12)7-14(19)15(18)21/h1-6,8,14H,7H2,(H2,18,21)/t14-/m0/s1. The first-order chi connectivity index (χ1) is 11.4. The smallest absolute Gasteiger partial charge is 0.288 e. The molecule has 24 heavy (non-hydrogen) atoms. The molecule has 8 heteroatoms. The van der Waals surface area contributed by atoms with Crippen LogP contribution in [0.15, 0.2) is 42.5 Å². The number of nitrogens with zero attached hydrogens (tertiary/aromatic N) is 2. The van der Waals surface area contributed by atoms with Crippen molar-refractivity contribution in [2.45, 2.75) is 12.5 Å². The predicted octanol–water partition coefficient (Wildman–Crippen LogP) is 2.30. The van der Waals surface area contributed by atoms with Gasteiger partial charge in [0.1, 0.15) is 11.1 Å². The zero-order valence-electron chi connectivity index (χ0n) is 12.3. The van der Waals surface area contributed by atoms with Gasteiger partial charge in [-0.2, -0.15) is 0 Å². The van der Waals surface area contributed by atoms with Crippen molar-refractivity contribution in [3.63, 3.8) is 0 Å². The van der Waals surface area contributed by atoms with Gasteiger partial charge in [-0.3, -0.25) is 24.6 Å². The molecule has 122 valence electrons. The summed E-state index contributed by atoms with van der Waals surface area (Å²) < 4.78 is 0. The highest BCUT2D eigenvalue weighted by Gasteiger charge is 2.37. The van der Waals surface area contributed by atoms with Gasteiger partial charge in [0.05, 0.1) is 4.92 Å². The first-order valence-electron chi connectivity index (χ1n) is 7.05. The Morgan fingerprint density at radius 1 is 1.25 bits per heavy atom. The zero-order valence-corrected chi connectivity index (χ0v) is 13.1. The second kappa shape index (κ2) is 5.93. The molecule has 0 saturated carbocycles. The maximum atomic E-state index is 12.9. The lowest BCUT2D eigenvalue weighted by Crippen LogP contribution is -2.46. The number of nitro benzene ring substituents is 1. The third-order valence-corrected chi connectivity index (χ3v) is 4.23. The summed E-state index contributed by atoms with van der Waals surface area (Å²) in [6.07, 6.45) is 0.312. The van der Waals surface area contributed by atoms with Gasteiger partial charge in [0.15, 0.2) is 0 Å². The first-order valence-corrected chi connectivity index (χ1v) is 7.42. The minimum atomic E-state index is -0.829. The van der Waals surface area contributed by atoms with E-state index in [2.05, 4.69) is 0 Å². The van der Waals surface area contributed by atoms with Crippen LogP contribution >= 0.6 is 11.6 Å². The predicted molar refractivity (Wildman–Crippen MR) is 88.0 cm³/mol. The molecule has 0 radical (unpaired) electrons. The molecule has 0 fully saturated rings. The van der Waals surface area contributed by atoms with Gasteiger partial charge in [-0.1, -0.05) is 29.8 Å². The molecule has 3 rings (SSSR count). The number of hydrogen-bond acceptors (Lipinski definition) is 4. The second-order valence-electron chi connectivity index (χ2n) is 5.35. The van der Waals surface area contributed by atoms with Gasteiger partial charge < -0.3 is 5.73 Å². The van der Waals surface area contributed by atoms with E-state index in [1.54, 1.807) is 18.2 Å². The van der Waals surface area contributed by atoms with Crippen molar-refractivity contribution >= 4 is 34.8 Å². The van der Waals surface area contributed by atoms with Crippen LogP contribution in [0, 0.1) is 10.1 Å². The second-order valence-corrected chi connectivity index (χ2v) is 5.76. The summed E-state index contributed by atoms with van der Waals surface area (Å²) in [4.78, 5) is 36.2.